The Labute approximate surface area is 74.8 Å². The van der Waals surface area contributed by atoms with E-state index in [0.29, 0.717) is 0 Å². The molecule has 1 nitrogen and oxygen atoms in total. The van der Waals surface area contributed by atoms with Crippen LogP contribution in [0, 0.1) is 0 Å². The molecule has 0 aromatic rings. The third-order valence-corrected chi connectivity index (χ3v) is 3.41. The first-order chi connectivity index (χ1) is 5.79. The normalized spacial score (nSPS) is 36.5. The molecule has 2 fully saturated rings. The van der Waals surface area contributed by atoms with Gasteiger partial charge >= 0.3 is 0 Å². The second-order valence-corrected chi connectivity index (χ2v) is 3.93. The monoisotopic (exact) mass is 163 g/mol. The van der Waals surface area contributed by atoms with E-state index in [1.807, 2.05) is 0 Å². The van der Waals surface area contributed by atoms with Gasteiger partial charge in [-0.2, -0.15) is 0 Å². The number of nitrogens with zero attached hydrogens (tertiary/aromatic N) is 1. The van der Waals surface area contributed by atoms with Crippen molar-refractivity contribution >= 4 is 0 Å². The SMILES string of the molecule is C=CC12CCCN1CCCC2=C. The lowest BCUT2D eigenvalue weighted by Crippen LogP contribution is -2.46. The molecule has 0 aliphatic carbocycles. The molecule has 0 N–H and O–H groups in total. The molecule has 2 aliphatic rings. The topological polar surface area (TPSA) is 3.24 Å². The summed E-state index contributed by atoms with van der Waals surface area (Å²) < 4.78 is 0. The van der Waals surface area contributed by atoms with Crippen molar-refractivity contribution in [2.24, 2.45) is 0 Å². The third-order valence-electron chi connectivity index (χ3n) is 3.41. The molecular formula is C11H17N. The molecule has 0 aromatic heterocycles. The minimum absolute atomic E-state index is 0.193. The Bertz CT molecular complexity index is 219. The first kappa shape index (κ1) is 8.06. The van der Waals surface area contributed by atoms with Gasteiger partial charge in [0.05, 0.1) is 5.54 Å². The van der Waals surface area contributed by atoms with Gasteiger partial charge in [0.15, 0.2) is 0 Å². The number of rotatable bonds is 1. The maximum absolute atomic E-state index is 4.19. The van der Waals surface area contributed by atoms with Crippen molar-refractivity contribution in [1.82, 2.24) is 4.90 Å². The van der Waals surface area contributed by atoms with Gasteiger partial charge in [-0.15, -0.1) is 6.58 Å². The third kappa shape index (κ3) is 0.893. The first-order valence-corrected chi connectivity index (χ1v) is 4.86. The zero-order valence-electron chi connectivity index (χ0n) is 7.68. The standard InChI is InChI=1S/C11H17N/c1-3-11-7-5-9-12(11)8-4-6-10(11)2/h3H,1-2,4-9H2. The van der Waals surface area contributed by atoms with Crippen LogP contribution in [0.4, 0.5) is 0 Å². The highest BCUT2D eigenvalue weighted by molar-refractivity contribution is 5.29. The van der Waals surface area contributed by atoms with Crippen molar-refractivity contribution in [2.45, 2.75) is 31.2 Å². The number of piperidine rings is 1. The summed E-state index contributed by atoms with van der Waals surface area (Å²) in [6.45, 7) is 10.6. The van der Waals surface area contributed by atoms with Crippen LogP contribution in [0.5, 0.6) is 0 Å². The summed E-state index contributed by atoms with van der Waals surface area (Å²) in [4.78, 5) is 2.55. The Hall–Kier alpha value is -0.560. The smallest absolute Gasteiger partial charge is 0.0600 e. The number of hydrogen-bond acceptors (Lipinski definition) is 1. The van der Waals surface area contributed by atoms with E-state index in [2.05, 4.69) is 24.1 Å². The molecule has 0 amide bonds. The van der Waals surface area contributed by atoms with Crippen LogP contribution in [0.25, 0.3) is 0 Å². The van der Waals surface area contributed by atoms with E-state index < -0.39 is 0 Å². The van der Waals surface area contributed by atoms with E-state index in [9.17, 15) is 0 Å². The second-order valence-electron chi connectivity index (χ2n) is 3.93. The van der Waals surface area contributed by atoms with Crippen LogP contribution in [-0.2, 0) is 0 Å². The zero-order chi connectivity index (χ0) is 8.60. The minimum Gasteiger partial charge on any atom is -0.291 e. The summed E-state index contributed by atoms with van der Waals surface area (Å²) in [7, 11) is 0. The number of fused-ring (bicyclic) bond motifs is 1. The van der Waals surface area contributed by atoms with Crippen LogP contribution in [-0.4, -0.2) is 23.5 Å². The van der Waals surface area contributed by atoms with Gasteiger partial charge < -0.3 is 0 Å². The van der Waals surface area contributed by atoms with E-state index >= 15 is 0 Å². The molecule has 2 heterocycles. The van der Waals surface area contributed by atoms with Crippen molar-refractivity contribution in [2.75, 3.05) is 13.1 Å². The summed E-state index contributed by atoms with van der Waals surface area (Å²) in [5.41, 5.74) is 1.58. The Morgan fingerprint density at radius 1 is 1.33 bits per heavy atom. The molecule has 2 rings (SSSR count). The first-order valence-electron chi connectivity index (χ1n) is 4.86. The minimum atomic E-state index is 0.193. The van der Waals surface area contributed by atoms with Crippen molar-refractivity contribution in [3.63, 3.8) is 0 Å². The predicted octanol–water partition coefficient (Wildman–Crippen LogP) is 2.36. The predicted molar refractivity (Wildman–Crippen MR) is 52.1 cm³/mol. The molecule has 2 aliphatic heterocycles. The summed E-state index contributed by atoms with van der Waals surface area (Å²) in [5, 5.41) is 0. The molecule has 1 unspecified atom stereocenters. The van der Waals surface area contributed by atoms with Crippen molar-refractivity contribution in [3.05, 3.63) is 24.8 Å². The van der Waals surface area contributed by atoms with Gasteiger partial charge in [0, 0.05) is 0 Å². The van der Waals surface area contributed by atoms with Gasteiger partial charge in [0.2, 0.25) is 0 Å². The molecule has 0 radical (unpaired) electrons. The van der Waals surface area contributed by atoms with E-state index in [1.165, 1.54) is 44.3 Å². The molecule has 0 bridgehead atoms. The molecular weight excluding hydrogens is 146 g/mol. The lowest BCUT2D eigenvalue weighted by Gasteiger charge is -2.42. The largest absolute Gasteiger partial charge is 0.291 e. The van der Waals surface area contributed by atoms with E-state index in [-0.39, 0.29) is 5.54 Å². The summed E-state index contributed by atoms with van der Waals surface area (Å²) in [5.74, 6) is 0. The average Bonchev–Trinajstić information content (AvgIpc) is 2.50. The molecule has 0 spiro atoms. The Kier molecular flexibility index (Phi) is 1.84. The maximum Gasteiger partial charge on any atom is 0.0600 e. The van der Waals surface area contributed by atoms with E-state index in [4.69, 9.17) is 0 Å². The van der Waals surface area contributed by atoms with Gasteiger partial charge in [-0.25, -0.2) is 0 Å². The summed E-state index contributed by atoms with van der Waals surface area (Å²) in [6, 6.07) is 0. The highest BCUT2D eigenvalue weighted by Gasteiger charge is 2.42. The Balaban J connectivity index is 2.32. The van der Waals surface area contributed by atoms with Crippen LogP contribution in [0.1, 0.15) is 25.7 Å². The van der Waals surface area contributed by atoms with Gasteiger partial charge in [0.25, 0.3) is 0 Å². The Morgan fingerprint density at radius 2 is 2.08 bits per heavy atom. The summed E-state index contributed by atoms with van der Waals surface area (Å²) >= 11 is 0. The molecule has 12 heavy (non-hydrogen) atoms. The molecule has 2 saturated heterocycles. The van der Waals surface area contributed by atoms with Crippen molar-refractivity contribution < 1.29 is 0 Å². The molecule has 1 heteroatoms. The zero-order valence-corrected chi connectivity index (χ0v) is 7.68. The maximum atomic E-state index is 4.19. The highest BCUT2D eigenvalue weighted by atomic mass is 15.2. The number of hydrogen-bond donors (Lipinski definition) is 0. The highest BCUT2D eigenvalue weighted by Crippen LogP contribution is 2.41. The molecule has 66 valence electrons. The molecule has 1 atom stereocenters. The van der Waals surface area contributed by atoms with E-state index in [1.54, 1.807) is 0 Å². The van der Waals surface area contributed by atoms with Crippen LogP contribution in [0.15, 0.2) is 24.8 Å². The van der Waals surface area contributed by atoms with Gasteiger partial charge in [-0.1, -0.05) is 18.2 Å². The van der Waals surface area contributed by atoms with Crippen LogP contribution >= 0.6 is 0 Å². The van der Waals surface area contributed by atoms with Crippen molar-refractivity contribution in [1.29, 1.82) is 0 Å². The van der Waals surface area contributed by atoms with Crippen LogP contribution in [0.2, 0.25) is 0 Å². The van der Waals surface area contributed by atoms with Gasteiger partial charge in [-0.05, 0) is 38.8 Å². The Morgan fingerprint density at radius 3 is 2.75 bits per heavy atom. The fourth-order valence-corrected chi connectivity index (χ4v) is 2.68. The molecule has 0 saturated carbocycles. The fraction of sp³-hybridized carbons (Fsp3) is 0.636. The average molecular weight is 163 g/mol. The second kappa shape index (κ2) is 2.74. The summed E-state index contributed by atoms with van der Waals surface area (Å²) in [6.07, 6.45) is 7.15. The quantitative estimate of drug-likeness (QED) is 0.536. The van der Waals surface area contributed by atoms with Gasteiger partial charge in [-0.3, -0.25) is 4.90 Å². The lowest BCUT2D eigenvalue weighted by molar-refractivity contribution is 0.186. The molecule has 0 aromatic carbocycles. The van der Waals surface area contributed by atoms with Gasteiger partial charge in [0.1, 0.15) is 0 Å². The van der Waals surface area contributed by atoms with E-state index in [0.717, 1.165) is 0 Å². The fourth-order valence-electron chi connectivity index (χ4n) is 2.68. The van der Waals surface area contributed by atoms with Crippen LogP contribution < -0.4 is 0 Å². The lowest BCUT2D eigenvalue weighted by atomic mass is 9.82. The van der Waals surface area contributed by atoms with Crippen LogP contribution in [0.3, 0.4) is 0 Å². The van der Waals surface area contributed by atoms with Crippen molar-refractivity contribution in [3.8, 4) is 0 Å².